The quantitative estimate of drug-likeness (QED) is 0.651. The number of aromatic hydroxyl groups is 1. The summed E-state index contributed by atoms with van der Waals surface area (Å²) in [6.07, 6.45) is 3.06. The van der Waals surface area contributed by atoms with Crippen LogP contribution in [-0.2, 0) is 11.2 Å². The number of imidazole rings is 1. The predicted molar refractivity (Wildman–Crippen MR) is 74.0 cm³/mol. The Kier molecular flexibility index (Phi) is 4.22. The molecule has 0 spiro atoms. The van der Waals surface area contributed by atoms with Gasteiger partial charge in [-0.3, -0.25) is 4.79 Å². The number of phenolic OH excluding ortho intramolecular Hbond substituents is 1. The molecule has 4 N–H and O–H groups in total. The number of aromatic amines is 1. The molecule has 1 aromatic heterocycles. The van der Waals surface area contributed by atoms with Gasteiger partial charge in [-0.2, -0.15) is 0 Å². The molecule has 2 aromatic rings. The summed E-state index contributed by atoms with van der Waals surface area (Å²) in [6.45, 7) is 1.67. The number of nitrogens with one attached hydrogen (secondary N) is 2. The molecule has 7 heteroatoms. The summed E-state index contributed by atoms with van der Waals surface area (Å²) < 4.78 is 0. The number of aliphatic carboxylic acids is 1. The smallest absolute Gasteiger partial charge is 0.326 e. The number of carboxylic acids is 1. The van der Waals surface area contributed by atoms with Crippen LogP contribution in [-0.4, -0.2) is 38.1 Å². The second-order valence-electron chi connectivity index (χ2n) is 4.64. The van der Waals surface area contributed by atoms with Gasteiger partial charge in [0.1, 0.15) is 11.8 Å². The molecule has 21 heavy (non-hydrogen) atoms. The van der Waals surface area contributed by atoms with Gasteiger partial charge < -0.3 is 20.5 Å². The largest absolute Gasteiger partial charge is 0.508 e. The molecule has 1 heterocycles. The minimum Gasteiger partial charge on any atom is -0.508 e. The Hall–Kier alpha value is -2.83. The third-order valence-corrected chi connectivity index (χ3v) is 3.04. The average molecular weight is 289 g/mol. The molecule has 7 nitrogen and oxygen atoms in total. The van der Waals surface area contributed by atoms with Gasteiger partial charge in [-0.25, -0.2) is 9.78 Å². The molecule has 110 valence electrons. The fraction of sp³-hybridized carbons (Fsp3) is 0.214. The average Bonchev–Trinajstić information content (AvgIpc) is 2.90. The summed E-state index contributed by atoms with van der Waals surface area (Å²) in [5.74, 6) is -1.58. The van der Waals surface area contributed by atoms with E-state index >= 15 is 0 Å². The van der Waals surface area contributed by atoms with Crippen LogP contribution in [0.2, 0.25) is 0 Å². The van der Waals surface area contributed by atoms with Crippen molar-refractivity contribution in [3.8, 4) is 5.75 Å². The van der Waals surface area contributed by atoms with E-state index in [4.69, 9.17) is 0 Å². The first-order valence-electron chi connectivity index (χ1n) is 6.28. The van der Waals surface area contributed by atoms with Crippen molar-refractivity contribution in [1.29, 1.82) is 0 Å². The molecule has 0 bridgehead atoms. The highest BCUT2D eigenvalue weighted by molar-refractivity contribution is 5.98. The lowest BCUT2D eigenvalue weighted by Gasteiger charge is -2.14. The van der Waals surface area contributed by atoms with E-state index in [0.29, 0.717) is 16.8 Å². The van der Waals surface area contributed by atoms with Gasteiger partial charge in [0.25, 0.3) is 5.91 Å². The Morgan fingerprint density at radius 2 is 2.19 bits per heavy atom. The van der Waals surface area contributed by atoms with Crippen molar-refractivity contribution in [1.82, 2.24) is 15.3 Å². The van der Waals surface area contributed by atoms with Crippen LogP contribution in [0.25, 0.3) is 0 Å². The number of carbonyl (C=O) groups excluding carboxylic acids is 1. The Balaban J connectivity index is 2.12. The van der Waals surface area contributed by atoms with Gasteiger partial charge in [-0.15, -0.1) is 0 Å². The molecular weight excluding hydrogens is 274 g/mol. The third kappa shape index (κ3) is 3.59. The van der Waals surface area contributed by atoms with Crippen LogP contribution in [0.1, 0.15) is 21.6 Å². The highest BCUT2D eigenvalue weighted by Crippen LogP contribution is 2.15. The highest BCUT2D eigenvalue weighted by atomic mass is 16.4. The minimum absolute atomic E-state index is 0.0521. The molecule has 0 aliphatic carbocycles. The number of hydrogen-bond donors (Lipinski definition) is 4. The number of carbonyl (C=O) groups is 2. The van der Waals surface area contributed by atoms with E-state index < -0.39 is 17.9 Å². The van der Waals surface area contributed by atoms with Crippen LogP contribution < -0.4 is 5.32 Å². The van der Waals surface area contributed by atoms with Crippen LogP contribution in [0.5, 0.6) is 5.75 Å². The van der Waals surface area contributed by atoms with E-state index in [1.54, 1.807) is 6.92 Å². The zero-order valence-corrected chi connectivity index (χ0v) is 11.3. The van der Waals surface area contributed by atoms with Crippen molar-refractivity contribution in [3.05, 3.63) is 47.5 Å². The standard InChI is InChI=1S/C14H15N3O4/c1-8-4-10(18)2-3-11(8)13(19)17-12(14(20)21)5-9-6-15-7-16-9/h2-4,6-7,12,18H,5H2,1H3,(H,15,16)(H,17,19)(H,20,21)/t12-/m0/s1. The summed E-state index contributed by atoms with van der Waals surface area (Å²) in [5.41, 5.74) is 1.51. The Bertz CT molecular complexity index is 652. The molecular formula is C14H15N3O4. The molecule has 0 radical (unpaired) electrons. The van der Waals surface area contributed by atoms with Crippen molar-refractivity contribution in [3.63, 3.8) is 0 Å². The number of nitrogens with zero attached hydrogens (tertiary/aromatic N) is 1. The lowest BCUT2D eigenvalue weighted by atomic mass is 10.1. The first-order valence-corrected chi connectivity index (χ1v) is 6.28. The normalized spacial score (nSPS) is 11.9. The first-order chi connectivity index (χ1) is 9.97. The highest BCUT2D eigenvalue weighted by Gasteiger charge is 2.22. The van der Waals surface area contributed by atoms with Crippen LogP contribution in [0.4, 0.5) is 0 Å². The van der Waals surface area contributed by atoms with E-state index in [9.17, 15) is 19.8 Å². The van der Waals surface area contributed by atoms with Crippen molar-refractivity contribution in [2.45, 2.75) is 19.4 Å². The zero-order chi connectivity index (χ0) is 15.4. The third-order valence-electron chi connectivity index (χ3n) is 3.04. The second kappa shape index (κ2) is 6.08. The van der Waals surface area contributed by atoms with Crippen molar-refractivity contribution in [2.24, 2.45) is 0 Å². The van der Waals surface area contributed by atoms with E-state index in [0.717, 1.165) is 0 Å². The molecule has 1 amide bonds. The van der Waals surface area contributed by atoms with Gasteiger partial charge in [0.2, 0.25) is 0 Å². The summed E-state index contributed by atoms with van der Waals surface area (Å²) in [7, 11) is 0. The van der Waals surface area contributed by atoms with Gasteiger partial charge in [0, 0.05) is 23.9 Å². The minimum atomic E-state index is -1.13. The monoisotopic (exact) mass is 289 g/mol. The maximum absolute atomic E-state index is 12.1. The summed E-state index contributed by atoms with van der Waals surface area (Å²) in [6, 6.07) is 3.22. The number of hydrogen-bond acceptors (Lipinski definition) is 4. The molecule has 0 fully saturated rings. The Morgan fingerprint density at radius 3 is 2.76 bits per heavy atom. The molecule has 0 aliphatic rings. The summed E-state index contributed by atoms with van der Waals surface area (Å²) >= 11 is 0. The first kappa shape index (κ1) is 14.6. The van der Waals surface area contributed by atoms with Gasteiger partial charge in [-0.1, -0.05) is 0 Å². The van der Waals surface area contributed by atoms with Gasteiger partial charge in [0.15, 0.2) is 0 Å². The molecule has 0 unspecified atom stereocenters. The number of aromatic nitrogens is 2. The fourth-order valence-corrected chi connectivity index (χ4v) is 1.95. The van der Waals surface area contributed by atoms with Crippen LogP contribution >= 0.6 is 0 Å². The van der Waals surface area contributed by atoms with E-state index in [-0.39, 0.29) is 12.2 Å². The number of aryl methyl sites for hydroxylation is 1. The summed E-state index contributed by atoms with van der Waals surface area (Å²) in [4.78, 5) is 30.0. The molecule has 0 saturated carbocycles. The van der Waals surface area contributed by atoms with Crippen molar-refractivity contribution < 1.29 is 19.8 Å². The second-order valence-corrected chi connectivity index (χ2v) is 4.64. The number of carboxylic acid groups (broad SMARTS) is 1. The molecule has 0 saturated heterocycles. The molecule has 0 aliphatic heterocycles. The van der Waals surface area contributed by atoms with Crippen molar-refractivity contribution >= 4 is 11.9 Å². The van der Waals surface area contributed by atoms with Gasteiger partial charge >= 0.3 is 5.97 Å². The predicted octanol–water partition coefficient (Wildman–Crippen LogP) is 0.849. The van der Waals surface area contributed by atoms with Gasteiger partial charge in [0.05, 0.1) is 6.33 Å². The number of rotatable bonds is 5. The number of benzene rings is 1. The Labute approximate surface area is 120 Å². The maximum atomic E-state index is 12.1. The van der Waals surface area contributed by atoms with E-state index in [1.165, 1.54) is 30.7 Å². The SMILES string of the molecule is Cc1cc(O)ccc1C(=O)N[C@@H](Cc1cnc[nH]1)C(=O)O. The van der Waals surface area contributed by atoms with Crippen LogP contribution in [0.15, 0.2) is 30.7 Å². The summed E-state index contributed by atoms with van der Waals surface area (Å²) in [5, 5.41) is 21.0. The van der Waals surface area contributed by atoms with E-state index in [1.807, 2.05) is 0 Å². The maximum Gasteiger partial charge on any atom is 0.326 e. The lowest BCUT2D eigenvalue weighted by molar-refractivity contribution is -0.139. The fourth-order valence-electron chi connectivity index (χ4n) is 1.95. The van der Waals surface area contributed by atoms with Crippen molar-refractivity contribution in [2.75, 3.05) is 0 Å². The topological polar surface area (TPSA) is 115 Å². The number of H-pyrrole nitrogens is 1. The van der Waals surface area contributed by atoms with E-state index in [2.05, 4.69) is 15.3 Å². The van der Waals surface area contributed by atoms with Gasteiger partial charge in [-0.05, 0) is 30.7 Å². The lowest BCUT2D eigenvalue weighted by Crippen LogP contribution is -2.42. The van der Waals surface area contributed by atoms with Crippen LogP contribution in [0, 0.1) is 6.92 Å². The zero-order valence-electron chi connectivity index (χ0n) is 11.3. The number of amides is 1. The molecule has 1 atom stereocenters. The van der Waals surface area contributed by atoms with Crippen LogP contribution in [0.3, 0.4) is 0 Å². The number of phenols is 1. The molecule has 2 rings (SSSR count). The molecule has 1 aromatic carbocycles. The Morgan fingerprint density at radius 1 is 1.43 bits per heavy atom.